The fourth-order valence-electron chi connectivity index (χ4n) is 2.62. The molecule has 0 saturated carbocycles. The molecule has 0 spiro atoms. The Kier molecular flexibility index (Phi) is 4.64. The minimum Gasteiger partial charge on any atom is -0.378 e. The van der Waals surface area contributed by atoms with Crippen LogP contribution in [0.3, 0.4) is 0 Å². The second kappa shape index (κ2) is 6.24. The van der Waals surface area contributed by atoms with Gasteiger partial charge in [0.2, 0.25) is 5.91 Å². The third-order valence-electron chi connectivity index (χ3n) is 3.66. The average molecular weight is 225 g/mol. The molecule has 0 aliphatic carbocycles. The molecule has 1 amide bonds. The molecule has 0 aromatic heterocycles. The molecule has 2 saturated heterocycles. The molecule has 0 radical (unpaired) electrons. The molecule has 0 aromatic rings. The van der Waals surface area contributed by atoms with Gasteiger partial charge in [-0.1, -0.05) is 0 Å². The Morgan fingerprint density at radius 1 is 1.12 bits per heavy atom. The zero-order chi connectivity index (χ0) is 11.2. The molecule has 2 aliphatic rings. The van der Waals surface area contributed by atoms with Crippen molar-refractivity contribution in [2.24, 2.45) is 0 Å². The Labute approximate surface area is 98.1 Å². The predicted octanol–water partition coefficient (Wildman–Crippen LogP) is 2.35. The van der Waals surface area contributed by atoms with Gasteiger partial charge < -0.3 is 9.64 Å². The van der Waals surface area contributed by atoms with Crippen LogP contribution in [0.5, 0.6) is 0 Å². The van der Waals surface area contributed by atoms with Crippen molar-refractivity contribution in [3.8, 4) is 0 Å². The molecule has 3 heteroatoms. The van der Waals surface area contributed by atoms with Crippen LogP contribution in [0.15, 0.2) is 0 Å². The summed E-state index contributed by atoms with van der Waals surface area (Å²) in [5.74, 6) is 0.342. The Hall–Kier alpha value is -0.570. The number of rotatable bonds is 3. The molecule has 2 heterocycles. The largest absolute Gasteiger partial charge is 0.378 e. The van der Waals surface area contributed by atoms with Crippen LogP contribution in [0.25, 0.3) is 0 Å². The van der Waals surface area contributed by atoms with Crippen LogP contribution in [0.4, 0.5) is 0 Å². The molecule has 0 aromatic carbocycles. The number of carbonyl (C=O) groups excluding carboxylic acids is 1. The van der Waals surface area contributed by atoms with E-state index in [-0.39, 0.29) is 0 Å². The van der Waals surface area contributed by atoms with E-state index in [1.807, 2.05) is 4.90 Å². The first-order valence-corrected chi connectivity index (χ1v) is 6.75. The summed E-state index contributed by atoms with van der Waals surface area (Å²) in [6, 6.07) is 0. The number of ether oxygens (including phenoxy) is 1. The van der Waals surface area contributed by atoms with Gasteiger partial charge in [0, 0.05) is 26.1 Å². The summed E-state index contributed by atoms with van der Waals surface area (Å²) in [7, 11) is 0. The fraction of sp³-hybridized carbons (Fsp3) is 0.923. The first-order valence-electron chi connectivity index (χ1n) is 6.75. The lowest BCUT2D eigenvalue weighted by Gasteiger charge is -2.28. The maximum absolute atomic E-state index is 11.9. The van der Waals surface area contributed by atoms with Crippen molar-refractivity contribution in [1.29, 1.82) is 0 Å². The summed E-state index contributed by atoms with van der Waals surface area (Å²) >= 11 is 0. The van der Waals surface area contributed by atoms with Crippen LogP contribution in [-0.2, 0) is 9.53 Å². The zero-order valence-electron chi connectivity index (χ0n) is 10.1. The molecule has 2 fully saturated rings. The summed E-state index contributed by atoms with van der Waals surface area (Å²) in [4.78, 5) is 13.9. The highest BCUT2D eigenvalue weighted by Crippen LogP contribution is 2.18. The van der Waals surface area contributed by atoms with Crippen LogP contribution in [0, 0.1) is 0 Å². The van der Waals surface area contributed by atoms with Crippen molar-refractivity contribution in [2.45, 2.75) is 57.5 Å². The van der Waals surface area contributed by atoms with Crippen LogP contribution in [0.1, 0.15) is 51.4 Å². The predicted molar refractivity (Wildman–Crippen MR) is 63.3 cm³/mol. The standard InChI is InChI=1S/C13H23NO2/c15-13(14-9-3-1-4-10-14)8-7-12-6-2-5-11-16-12/h12H,1-11H2. The lowest BCUT2D eigenvalue weighted by atomic mass is 10.0. The van der Waals surface area contributed by atoms with E-state index in [0.29, 0.717) is 18.4 Å². The highest BCUT2D eigenvalue weighted by Gasteiger charge is 2.19. The van der Waals surface area contributed by atoms with Gasteiger partial charge in [-0.3, -0.25) is 4.79 Å². The number of carbonyl (C=O) groups is 1. The fourth-order valence-corrected chi connectivity index (χ4v) is 2.62. The molecular formula is C13H23NO2. The zero-order valence-corrected chi connectivity index (χ0v) is 10.1. The quantitative estimate of drug-likeness (QED) is 0.738. The van der Waals surface area contributed by atoms with E-state index >= 15 is 0 Å². The van der Waals surface area contributed by atoms with Gasteiger partial charge in [-0.25, -0.2) is 0 Å². The van der Waals surface area contributed by atoms with Gasteiger partial charge in [0.1, 0.15) is 0 Å². The van der Waals surface area contributed by atoms with Crippen molar-refractivity contribution < 1.29 is 9.53 Å². The van der Waals surface area contributed by atoms with Crippen LogP contribution < -0.4 is 0 Å². The van der Waals surface area contributed by atoms with E-state index < -0.39 is 0 Å². The van der Waals surface area contributed by atoms with Crippen molar-refractivity contribution in [3.63, 3.8) is 0 Å². The topological polar surface area (TPSA) is 29.5 Å². The van der Waals surface area contributed by atoms with Gasteiger partial charge in [0.25, 0.3) is 0 Å². The number of piperidine rings is 1. The molecule has 2 rings (SSSR count). The number of amides is 1. The molecule has 1 unspecified atom stereocenters. The average Bonchev–Trinajstić information content (AvgIpc) is 2.38. The first kappa shape index (κ1) is 11.9. The second-order valence-corrected chi connectivity index (χ2v) is 4.97. The summed E-state index contributed by atoms with van der Waals surface area (Å²) in [6.45, 7) is 2.84. The number of likely N-dealkylation sites (tertiary alicyclic amines) is 1. The van der Waals surface area contributed by atoms with Crippen molar-refractivity contribution in [1.82, 2.24) is 4.90 Å². The highest BCUT2D eigenvalue weighted by atomic mass is 16.5. The normalized spacial score (nSPS) is 26.8. The third-order valence-corrected chi connectivity index (χ3v) is 3.66. The summed E-state index contributed by atoms with van der Waals surface area (Å²) in [5.41, 5.74) is 0. The second-order valence-electron chi connectivity index (χ2n) is 4.97. The molecule has 0 N–H and O–H groups in total. The SMILES string of the molecule is O=C(CCC1CCCCO1)N1CCCCC1. The number of hydrogen-bond acceptors (Lipinski definition) is 2. The Morgan fingerprint density at radius 3 is 2.62 bits per heavy atom. The summed E-state index contributed by atoms with van der Waals surface area (Å²) in [5, 5.41) is 0. The van der Waals surface area contributed by atoms with Gasteiger partial charge in [-0.2, -0.15) is 0 Å². The third kappa shape index (κ3) is 3.48. The van der Waals surface area contributed by atoms with Crippen LogP contribution in [-0.4, -0.2) is 36.6 Å². The molecule has 2 aliphatic heterocycles. The van der Waals surface area contributed by atoms with Crippen LogP contribution >= 0.6 is 0 Å². The molecule has 0 bridgehead atoms. The molecule has 16 heavy (non-hydrogen) atoms. The summed E-state index contributed by atoms with van der Waals surface area (Å²) in [6.07, 6.45) is 9.22. The van der Waals surface area contributed by atoms with Gasteiger partial charge >= 0.3 is 0 Å². The maximum Gasteiger partial charge on any atom is 0.222 e. The maximum atomic E-state index is 11.9. The van der Waals surface area contributed by atoms with E-state index in [1.165, 1.54) is 32.1 Å². The van der Waals surface area contributed by atoms with Crippen molar-refractivity contribution >= 4 is 5.91 Å². The minimum atomic E-state index is 0.342. The first-order chi connectivity index (χ1) is 7.86. The van der Waals surface area contributed by atoms with E-state index in [9.17, 15) is 4.79 Å². The Balaban J connectivity index is 1.65. The number of nitrogens with zero attached hydrogens (tertiary/aromatic N) is 1. The van der Waals surface area contributed by atoms with Crippen molar-refractivity contribution in [2.75, 3.05) is 19.7 Å². The van der Waals surface area contributed by atoms with Crippen molar-refractivity contribution in [3.05, 3.63) is 0 Å². The van der Waals surface area contributed by atoms with E-state index in [2.05, 4.69) is 0 Å². The monoisotopic (exact) mass is 225 g/mol. The lowest BCUT2D eigenvalue weighted by molar-refractivity contribution is -0.133. The molecular weight excluding hydrogens is 202 g/mol. The summed E-state index contributed by atoms with van der Waals surface area (Å²) < 4.78 is 5.64. The minimum absolute atomic E-state index is 0.342. The Bertz CT molecular complexity index is 218. The van der Waals surface area contributed by atoms with Gasteiger partial charge in [0.15, 0.2) is 0 Å². The highest BCUT2D eigenvalue weighted by molar-refractivity contribution is 5.76. The molecule has 3 nitrogen and oxygen atoms in total. The smallest absolute Gasteiger partial charge is 0.222 e. The van der Waals surface area contributed by atoms with E-state index in [4.69, 9.17) is 4.74 Å². The van der Waals surface area contributed by atoms with Crippen LogP contribution in [0.2, 0.25) is 0 Å². The van der Waals surface area contributed by atoms with Gasteiger partial charge in [-0.15, -0.1) is 0 Å². The Morgan fingerprint density at radius 2 is 1.94 bits per heavy atom. The molecule has 1 atom stereocenters. The van der Waals surface area contributed by atoms with Gasteiger partial charge in [0.05, 0.1) is 6.10 Å². The van der Waals surface area contributed by atoms with E-state index in [1.54, 1.807) is 0 Å². The molecule has 92 valence electrons. The van der Waals surface area contributed by atoms with Gasteiger partial charge in [-0.05, 0) is 44.9 Å². The number of hydrogen-bond donors (Lipinski definition) is 0. The van der Waals surface area contributed by atoms with E-state index in [0.717, 1.165) is 32.5 Å². The lowest BCUT2D eigenvalue weighted by Crippen LogP contribution is -2.36.